The van der Waals surface area contributed by atoms with Crippen molar-refractivity contribution in [1.82, 2.24) is 24.7 Å². The molecule has 1 aliphatic carbocycles. The van der Waals surface area contributed by atoms with Gasteiger partial charge in [0.05, 0.1) is 37.4 Å². The second-order valence-corrected chi connectivity index (χ2v) is 10.5. The van der Waals surface area contributed by atoms with E-state index < -0.39 is 9.84 Å². The number of hydrogen-bond donors (Lipinski definition) is 1. The Morgan fingerprint density at radius 1 is 1.21 bits per heavy atom. The van der Waals surface area contributed by atoms with Gasteiger partial charge in [-0.05, 0) is 25.3 Å². The number of nitrogens with zero attached hydrogens (tertiary/aromatic N) is 4. The van der Waals surface area contributed by atoms with Gasteiger partial charge in [0.15, 0.2) is 0 Å². The van der Waals surface area contributed by atoms with Crippen molar-refractivity contribution in [2.75, 3.05) is 45.9 Å². The third-order valence-corrected chi connectivity index (χ3v) is 7.56. The molecule has 0 spiro atoms. The van der Waals surface area contributed by atoms with Crippen LogP contribution in [-0.2, 0) is 26.9 Å². The Labute approximate surface area is 195 Å². The number of aromatic nitrogens is 2. The molecule has 2 aliphatic rings. The van der Waals surface area contributed by atoms with Gasteiger partial charge in [0.1, 0.15) is 0 Å². The minimum absolute atomic E-state index is 0.0892. The van der Waals surface area contributed by atoms with Crippen molar-refractivity contribution in [3.05, 3.63) is 47.8 Å². The number of ether oxygens (including phenoxy) is 1. The first-order valence-electron chi connectivity index (χ1n) is 11.6. The first kappa shape index (κ1) is 23.7. The maximum atomic E-state index is 13.2. The van der Waals surface area contributed by atoms with Gasteiger partial charge in [-0.3, -0.25) is 4.90 Å². The molecule has 0 radical (unpaired) electrons. The summed E-state index contributed by atoms with van der Waals surface area (Å²) in [4.78, 5) is 21.2. The van der Waals surface area contributed by atoms with E-state index in [0.717, 1.165) is 43.7 Å². The summed E-state index contributed by atoms with van der Waals surface area (Å²) in [6.45, 7) is 7.16. The third kappa shape index (κ3) is 6.13. The van der Waals surface area contributed by atoms with E-state index in [1.165, 1.54) is 0 Å². The van der Waals surface area contributed by atoms with Crippen LogP contribution in [0.1, 0.15) is 37.1 Å². The Balaban J connectivity index is 1.53. The van der Waals surface area contributed by atoms with E-state index in [1.54, 1.807) is 11.1 Å². The molecule has 1 saturated carbocycles. The number of morpholine rings is 1. The predicted molar refractivity (Wildman–Crippen MR) is 125 cm³/mol. The number of imidazole rings is 1. The average molecular weight is 476 g/mol. The van der Waals surface area contributed by atoms with Gasteiger partial charge in [0.2, 0.25) is 15.0 Å². The summed E-state index contributed by atoms with van der Waals surface area (Å²) in [5.74, 6) is -0.0892. The lowest BCUT2D eigenvalue weighted by Crippen LogP contribution is -2.46. The summed E-state index contributed by atoms with van der Waals surface area (Å²) in [5.41, 5.74) is 1.50. The molecule has 2 fully saturated rings. The van der Waals surface area contributed by atoms with Crippen molar-refractivity contribution in [3.63, 3.8) is 0 Å². The highest BCUT2D eigenvalue weighted by molar-refractivity contribution is 7.90. The van der Waals surface area contributed by atoms with E-state index in [-0.39, 0.29) is 23.0 Å². The van der Waals surface area contributed by atoms with Crippen LogP contribution in [0.25, 0.3) is 0 Å². The molecule has 33 heavy (non-hydrogen) atoms. The van der Waals surface area contributed by atoms with Crippen LogP contribution in [0.4, 0.5) is 4.79 Å². The molecule has 0 unspecified atom stereocenters. The van der Waals surface area contributed by atoms with Crippen molar-refractivity contribution in [2.45, 2.75) is 43.3 Å². The molecule has 0 atom stereocenters. The highest BCUT2D eigenvalue weighted by Gasteiger charge is 2.34. The lowest BCUT2D eigenvalue weighted by molar-refractivity contribution is 0.0346. The SMILES string of the molecule is CCNC(=O)N(CCN1CCOCC1)Cc1cnc(S(=O)(=O)Cc2ccccc2)n1C1CC1. The number of benzene rings is 1. The fourth-order valence-corrected chi connectivity index (χ4v) is 5.64. The second-order valence-electron chi connectivity index (χ2n) is 8.59. The molecule has 10 heteroatoms. The van der Waals surface area contributed by atoms with Crippen LogP contribution in [0, 0.1) is 0 Å². The van der Waals surface area contributed by atoms with Gasteiger partial charge < -0.3 is 19.5 Å². The van der Waals surface area contributed by atoms with Crippen LogP contribution in [-0.4, -0.2) is 79.7 Å². The molecule has 1 aliphatic heterocycles. The smallest absolute Gasteiger partial charge is 0.317 e. The van der Waals surface area contributed by atoms with Crippen LogP contribution in [0.3, 0.4) is 0 Å². The van der Waals surface area contributed by atoms with Crippen LogP contribution in [0.5, 0.6) is 0 Å². The molecule has 2 heterocycles. The lowest BCUT2D eigenvalue weighted by atomic mass is 10.2. The summed E-state index contributed by atoms with van der Waals surface area (Å²) >= 11 is 0. The Kier molecular flexibility index (Phi) is 7.67. The number of hydrogen-bond acceptors (Lipinski definition) is 6. The van der Waals surface area contributed by atoms with Crippen molar-refractivity contribution in [1.29, 1.82) is 0 Å². The van der Waals surface area contributed by atoms with Crippen LogP contribution < -0.4 is 5.32 Å². The van der Waals surface area contributed by atoms with E-state index in [1.807, 2.05) is 41.8 Å². The zero-order chi connectivity index (χ0) is 23.3. The van der Waals surface area contributed by atoms with Crippen molar-refractivity contribution < 1.29 is 17.9 Å². The van der Waals surface area contributed by atoms with Crippen LogP contribution in [0.2, 0.25) is 0 Å². The van der Waals surface area contributed by atoms with Gasteiger partial charge in [-0.15, -0.1) is 0 Å². The Hall–Kier alpha value is -2.43. The molecule has 1 N–H and O–H groups in total. The Bertz CT molecular complexity index is 1030. The minimum atomic E-state index is -3.61. The quantitative estimate of drug-likeness (QED) is 0.565. The average Bonchev–Trinajstić information content (AvgIpc) is 3.56. The molecule has 1 aromatic heterocycles. The van der Waals surface area contributed by atoms with Gasteiger partial charge >= 0.3 is 6.03 Å². The zero-order valence-electron chi connectivity index (χ0n) is 19.1. The van der Waals surface area contributed by atoms with Gasteiger partial charge in [-0.2, -0.15) is 0 Å². The monoisotopic (exact) mass is 475 g/mol. The Morgan fingerprint density at radius 2 is 1.94 bits per heavy atom. The fourth-order valence-electron chi connectivity index (χ4n) is 4.10. The highest BCUT2D eigenvalue weighted by atomic mass is 32.2. The van der Waals surface area contributed by atoms with E-state index in [0.29, 0.717) is 32.8 Å². The molecule has 2 aromatic rings. The van der Waals surface area contributed by atoms with Gasteiger partial charge in [-0.25, -0.2) is 18.2 Å². The Morgan fingerprint density at radius 3 is 2.61 bits per heavy atom. The predicted octanol–water partition coefficient (Wildman–Crippen LogP) is 2.06. The van der Waals surface area contributed by atoms with Crippen molar-refractivity contribution in [2.24, 2.45) is 0 Å². The number of amides is 2. The van der Waals surface area contributed by atoms with Crippen LogP contribution >= 0.6 is 0 Å². The topological polar surface area (TPSA) is 96.8 Å². The molecule has 9 nitrogen and oxygen atoms in total. The normalized spacial score (nSPS) is 17.1. The number of carbonyl (C=O) groups is 1. The third-order valence-electron chi connectivity index (χ3n) is 5.99. The molecule has 2 amide bonds. The summed E-state index contributed by atoms with van der Waals surface area (Å²) in [6.07, 6.45) is 3.47. The molecule has 0 bridgehead atoms. The summed E-state index contributed by atoms with van der Waals surface area (Å²) in [7, 11) is -3.61. The maximum Gasteiger partial charge on any atom is 0.317 e. The second kappa shape index (κ2) is 10.7. The van der Waals surface area contributed by atoms with Crippen LogP contribution in [0.15, 0.2) is 41.7 Å². The van der Waals surface area contributed by atoms with Gasteiger partial charge in [0, 0.05) is 38.8 Å². The summed E-state index contributed by atoms with van der Waals surface area (Å²) in [5, 5.41) is 2.99. The number of rotatable bonds is 10. The summed E-state index contributed by atoms with van der Waals surface area (Å²) < 4.78 is 33.7. The molecular weight excluding hydrogens is 442 g/mol. The first-order valence-corrected chi connectivity index (χ1v) is 13.3. The van der Waals surface area contributed by atoms with Crippen molar-refractivity contribution in [3.8, 4) is 0 Å². The number of sulfone groups is 1. The molecule has 1 saturated heterocycles. The van der Waals surface area contributed by atoms with E-state index in [9.17, 15) is 13.2 Å². The van der Waals surface area contributed by atoms with Crippen molar-refractivity contribution >= 4 is 15.9 Å². The summed E-state index contributed by atoms with van der Waals surface area (Å²) in [6, 6.07) is 9.13. The van der Waals surface area contributed by atoms with E-state index in [4.69, 9.17) is 4.74 Å². The molecular formula is C23H33N5O4S. The minimum Gasteiger partial charge on any atom is -0.379 e. The lowest BCUT2D eigenvalue weighted by Gasteiger charge is -2.30. The first-order chi connectivity index (χ1) is 16.0. The maximum absolute atomic E-state index is 13.2. The molecule has 180 valence electrons. The number of urea groups is 1. The van der Waals surface area contributed by atoms with E-state index >= 15 is 0 Å². The standard InChI is InChI=1S/C23H33N5O4S/c1-2-24-22(29)27(11-10-26-12-14-32-15-13-26)17-21-16-25-23(28(21)20-8-9-20)33(30,31)18-19-6-4-3-5-7-19/h3-7,16,20H,2,8-15,17-18H2,1H3,(H,24,29). The van der Waals surface area contributed by atoms with Gasteiger partial charge in [-0.1, -0.05) is 30.3 Å². The van der Waals surface area contributed by atoms with E-state index in [2.05, 4.69) is 15.2 Å². The molecule has 4 rings (SSSR count). The highest BCUT2D eigenvalue weighted by Crippen LogP contribution is 2.39. The van der Waals surface area contributed by atoms with Gasteiger partial charge in [0.25, 0.3) is 0 Å². The molecule has 1 aromatic carbocycles. The fraction of sp³-hybridized carbons (Fsp3) is 0.565. The number of nitrogens with one attached hydrogen (secondary N) is 1. The largest absolute Gasteiger partial charge is 0.379 e. The number of carbonyl (C=O) groups excluding carboxylic acids is 1. The zero-order valence-corrected chi connectivity index (χ0v) is 20.0.